The molecule has 33 heavy (non-hydrogen) atoms. The predicted molar refractivity (Wildman–Crippen MR) is 134 cm³/mol. The molecule has 0 bridgehead atoms. The molecule has 0 amide bonds. The monoisotopic (exact) mass is 479 g/mol. The van der Waals surface area contributed by atoms with Gasteiger partial charge in [-0.25, -0.2) is 4.98 Å². The SMILES string of the molecule is CC.Cc1cc(Oc2ccc(-c3ccc4nc(Cl)cnc4c3)cc2)cc(C#N)c1OCCCl. The van der Waals surface area contributed by atoms with Crippen LogP contribution in [0.1, 0.15) is 25.0 Å². The van der Waals surface area contributed by atoms with E-state index < -0.39 is 0 Å². The fraction of sp³-hybridized carbons (Fsp3) is 0.192. The Bertz CT molecular complexity index is 1290. The van der Waals surface area contributed by atoms with Gasteiger partial charge in [0.1, 0.15) is 35.1 Å². The second kappa shape index (κ2) is 11.5. The Labute approximate surface area is 203 Å². The number of aryl methyl sites for hydroxylation is 1. The average Bonchev–Trinajstić information content (AvgIpc) is 2.84. The van der Waals surface area contributed by atoms with Gasteiger partial charge < -0.3 is 9.47 Å². The van der Waals surface area contributed by atoms with Crippen LogP contribution in [0, 0.1) is 18.3 Å². The first kappa shape index (κ1) is 24.3. The lowest BCUT2D eigenvalue weighted by Gasteiger charge is -2.13. The number of hydrogen-bond donors (Lipinski definition) is 0. The van der Waals surface area contributed by atoms with Crippen LogP contribution in [0.4, 0.5) is 0 Å². The topological polar surface area (TPSA) is 68.0 Å². The molecule has 1 aromatic heterocycles. The molecule has 0 aliphatic heterocycles. The highest BCUT2D eigenvalue weighted by Gasteiger charge is 2.11. The zero-order valence-corrected chi connectivity index (χ0v) is 20.1. The summed E-state index contributed by atoms with van der Waals surface area (Å²) in [5, 5.41) is 9.82. The summed E-state index contributed by atoms with van der Waals surface area (Å²) in [6, 6.07) is 19.2. The van der Waals surface area contributed by atoms with Crippen molar-refractivity contribution in [3.05, 3.63) is 77.1 Å². The van der Waals surface area contributed by atoms with Crippen molar-refractivity contribution in [3.63, 3.8) is 0 Å². The summed E-state index contributed by atoms with van der Waals surface area (Å²) in [5.74, 6) is 2.12. The van der Waals surface area contributed by atoms with Gasteiger partial charge in [0.25, 0.3) is 0 Å². The third kappa shape index (κ3) is 5.92. The molecule has 7 heteroatoms. The number of benzene rings is 3. The summed E-state index contributed by atoms with van der Waals surface area (Å²) in [6.45, 7) is 6.21. The van der Waals surface area contributed by atoms with Gasteiger partial charge in [-0.2, -0.15) is 5.26 Å². The van der Waals surface area contributed by atoms with E-state index in [1.807, 2.05) is 69.3 Å². The Kier molecular flexibility index (Phi) is 8.48. The number of rotatable bonds is 6. The predicted octanol–water partition coefficient (Wildman–Crippen LogP) is 7.57. The van der Waals surface area contributed by atoms with Crippen molar-refractivity contribution in [1.82, 2.24) is 9.97 Å². The number of ether oxygens (including phenoxy) is 2. The first-order chi connectivity index (χ1) is 16.1. The van der Waals surface area contributed by atoms with Crippen LogP contribution in [0.25, 0.3) is 22.2 Å². The van der Waals surface area contributed by atoms with Crippen LogP contribution in [0.5, 0.6) is 17.2 Å². The van der Waals surface area contributed by atoms with E-state index in [-0.39, 0.29) is 0 Å². The van der Waals surface area contributed by atoms with Gasteiger partial charge in [0.05, 0.1) is 28.7 Å². The average molecular weight is 480 g/mol. The molecule has 0 spiro atoms. The van der Waals surface area contributed by atoms with Crippen LogP contribution in [-0.2, 0) is 0 Å². The van der Waals surface area contributed by atoms with Gasteiger partial charge in [-0.05, 0) is 53.9 Å². The molecule has 0 fully saturated rings. The van der Waals surface area contributed by atoms with Crippen molar-refractivity contribution < 1.29 is 9.47 Å². The number of hydrogen-bond acceptors (Lipinski definition) is 5. The Morgan fingerprint density at radius 3 is 2.36 bits per heavy atom. The van der Waals surface area contributed by atoms with Gasteiger partial charge in [-0.15, -0.1) is 11.6 Å². The molecular formula is C26H23Cl2N3O2. The van der Waals surface area contributed by atoms with Gasteiger partial charge in [-0.3, -0.25) is 4.98 Å². The van der Waals surface area contributed by atoms with Crippen LogP contribution in [0.2, 0.25) is 5.15 Å². The minimum Gasteiger partial charge on any atom is -0.491 e. The van der Waals surface area contributed by atoms with E-state index in [0.717, 1.165) is 27.7 Å². The van der Waals surface area contributed by atoms with E-state index in [1.54, 1.807) is 6.07 Å². The molecular weight excluding hydrogens is 457 g/mol. The molecule has 0 aliphatic carbocycles. The van der Waals surface area contributed by atoms with Crippen molar-refractivity contribution in [2.24, 2.45) is 0 Å². The number of nitriles is 1. The van der Waals surface area contributed by atoms with E-state index in [1.165, 1.54) is 6.20 Å². The molecule has 0 saturated heterocycles. The number of alkyl halides is 1. The molecule has 0 N–H and O–H groups in total. The van der Waals surface area contributed by atoms with Gasteiger partial charge in [0.15, 0.2) is 0 Å². The highest BCUT2D eigenvalue weighted by atomic mass is 35.5. The first-order valence-corrected chi connectivity index (χ1v) is 11.4. The van der Waals surface area contributed by atoms with Crippen molar-refractivity contribution >= 4 is 34.2 Å². The van der Waals surface area contributed by atoms with E-state index >= 15 is 0 Å². The number of nitrogens with zero attached hydrogens (tertiary/aromatic N) is 3. The van der Waals surface area contributed by atoms with E-state index in [4.69, 9.17) is 32.7 Å². The smallest absolute Gasteiger partial charge is 0.148 e. The maximum absolute atomic E-state index is 9.45. The number of aromatic nitrogens is 2. The van der Waals surface area contributed by atoms with Crippen LogP contribution >= 0.6 is 23.2 Å². The van der Waals surface area contributed by atoms with E-state index in [0.29, 0.717) is 40.5 Å². The highest BCUT2D eigenvalue weighted by molar-refractivity contribution is 6.29. The van der Waals surface area contributed by atoms with Gasteiger partial charge in [0, 0.05) is 6.07 Å². The molecule has 0 unspecified atom stereocenters. The number of fused-ring (bicyclic) bond motifs is 1. The van der Waals surface area contributed by atoms with Crippen molar-refractivity contribution in [2.45, 2.75) is 20.8 Å². The van der Waals surface area contributed by atoms with Crippen LogP contribution < -0.4 is 9.47 Å². The molecule has 5 nitrogen and oxygen atoms in total. The maximum Gasteiger partial charge on any atom is 0.148 e. The molecule has 0 radical (unpaired) electrons. The molecule has 4 rings (SSSR count). The Morgan fingerprint density at radius 2 is 1.67 bits per heavy atom. The summed E-state index contributed by atoms with van der Waals surface area (Å²) >= 11 is 11.6. The normalized spacial score (nSPS) is 10.2. The second-order valence-electron chi connectivity index (χ2n) is 6.79. The molecule has 3 aromatic carbocycles. The Morgan fingerprint density at radius 1 is 0.939 bits per heavy atom. The minimum absolute atomic E-state index is 0.339. The van der Waals surface area contributed by atoms with E-state index in [2.05, 4.69) is 16.0 Å². The van der Waals surface area contributed by atoms with Crippen LogP contribution in [0.3, 0.4) is 0 Å². The third-order valence-electron chi connectivity index (χ3n) is 4.63. The molecule has 4 aromatic rings. The van der Waals surface area contributed by atoms with Crippen LogP contribution in [0.15, 0.2) is 60.8 Å². The summed E-state index contributed by atoms with van der Waals surface area (Å²) < 4.78 is 11.6. The van der Waals surface area contributed by atoms with Crippen LogP contribution in [-0.4, -0.2) is 22.5 Å². The largest absolute Gasteiger partial charge is 0.491 e. The lowest BCUT2D eigenvalue weighted by molar-refractivity contribution is 0.338. The lowest BCUT2D eigenvalue weighted by atomic mass is 10.0. The zero-order chi connectivity index (χ0) is 23.8. The summed E-state index contributed by atoms with van der Waals surface area (Å²) in [4.78, 5) is 8.59. The second-order valence-corrected chi connectivity index (χ2v) is 7.55. The third-order valence-corrected chi connectivity index (χ3v) is 4.96. The molecule has 168 valence electrons. The zero-order valence-electron chi connectivity index (χ0n) is 18.6. The quantitative estimate of drug-likeness (QED) is 0.266. The van der Waals surface area contributed by atoms with Gasteiger partial charge >= 0.3 is 0 Å². The maximum atomic E-state index is 9.45. The van der Waals surface area contributed by atoms with Crippen molar-refractivity contribution in [3.8, 4) is 34.4 Å². The summed E-state index contributed by atoms with van der Waals surface area (Å²) in [7, 11) is 0. The molecule has 1 heterocycles. The van der Waals surface area contributed by atoms with E-state index in [9.17, 15) is 5.26 Å². The molecule has 0 saturated carbocycles. The number of halogens is 2. The highest BCUT2D eigenvalue weighted by Crippen LogP contribution is 2.32. The lowest BCUT2D eigenvalue weighted by Crippen LogP contribution is -2.02. The fourth-order valence-electron chi connectivity index (χ4n) is 3.23. The fourth-order valence-corrected chi connectivity index (χ4v) is 3.45. The Hall–Kier alpha value is -3.33. The first-order valence-electron chi connectivity index (χ1n) is 10.5. The summed E-state index contributed by atoms with van der Waals surface area (Å²) in [6.07, 6.45) is 1.54. The molecule has 0 aliphatic rings. The Balaban J connectivity index is 0.00000149. The molecule has 0 atom stereocenters. The van der Waals surface area contributed by atoms with Crippen molar-refractivity contribution in [1.29, 1.82) is 5.26 Å². The van der Waals surface area contributed by atoms with Gasteiger partial charge in [-0.1, -0.05) is 43.6 Å². The van der Waals surface area contributed by atoms with Gasteiger partial charge in [0.2, 0.25) is 0 Å². The minimum atomic E-state index is 0.339. The summed E-state index contributed by atoms with van der Waals surface area (Å²) in [5.41, 5.74) is 4.78. The standard InChI is InChI=1S/C24H17Cl2N3O2.C2H6/c1-15-10-20(11-18(13-27)24(15)30-9-8-25)31-19-5-2-16(3-6-19)17-4-7-21-22(12-17)28-14-23(26)29-21;1-2/h2-7,10-12,14H,8-9H2,1H3;1-2H3. The van der Waals surface area contributed by atoms with Crippen molar-refractivity contribution in [2.75, 3.05) is 12.5 Å².